The van der Waals surface area contributed by atoms with E-state index in [9.17, 15) is 0 Å². The molecule has 9 heavy (non-hydrogen) atoms. The second kappa shape index (κ2) is 3.78. The third-order valence-corrected chi connectivity index (χ3v) is 2.23. The largest absolute Gasteiger partial charge is 0.130 e. The molecule has 0 amide bonds. The molecule has 1 aliphatic rings. The van der Waals surface area contributed by atoms with Gasteiger partial charge in [-0.15, -0.1) is 11.8 Å². The van der Waals surface area contributed by atoms with Crippen molar-refractivity contribution in [3.05, 3.63) is 23.1 Å². The van der Waals surface area contributed by atoms with E-state index in [4.69, 9.17) is 0 Å². The van der Waals surface area contributed by atoms with Gasteiger partial charge in [0.05, 0.1) is 0 Å². The first kappa shape index (κ1) is 6.94. The van der Waals surface area contributed by atoms with E-state index in [0.717, 1.165) is 0 Å². The van der Waals surface area contributed by atoms with Crippen LogP contribution in [0.2, 0.25) is 0 Å². The molecule has 0 aromatic heterocycles. The van der Waals surface area contributed by atoms with Crippen LogP contribution in [0.15, 0.2) is 23.1 Å². The van der Waals surface area contributed by atoms with Gasteiger partial charge in [-0.1, -0.05) is 31.1 Å². The maximum atomic E-state index is 2.24. The molecule has 0 nitrogen and oxygen atoms in total. The number of hydrogen-bond acceptors (Lipinski definition) is 1. The third kappa shape index (κ3) is 2.27. The topological polar surface area (TPSA) is 0 Å². The minimum absolute atomic E-state index is 1.21. The van der Waals surface area contributed by atoms with E-state index < -0.39 is 0 Å². The maximum Gasteiger partial charge on any atom is 0.0187 e. The fraction of sp³-hybridized carbons (Fsp3) is 0.500. The summed E-state index contributed by atoms with van der Waals surface area (Å²) >= 11 is 1.89. The van der Waals surface area contributed by atoms with E-state index in [1.54, 1.807) is 5.57 Å². The van der Waals surface area contributed by atoms with Gasteiger partial charge in [0.15, 0.2) is 0 Å². The molecule has 1 heterocycles. The van der Waals surface area contributed by atoms with Crippen molar-refractivity contribution in [1.82, 2.24) is 0 Å². The van der Waals surface area contributed by atoms with Crippen molar-refractivity contribution in [2.45, 2.75) is 19.8 Å². The highest BCUT2D eigenvalue weighted by Gasteiger charge is 1.96. The summed E-state index contributed by atoms with van der Waals surface area (Å²) in [6.45, 7) is 2.23. The lowest BCUT2D eigenvalue weighted by atomic mass is 10.1. The van der Waals surface area contributed by atoms with Crippen LogP contribution in [0.25, 0.3) is 0 Å². The van der Waals surface area contributed by atoms with Crippen LogP contribution in [0.5, 0.6) is 0 Å². The molecule has 0 fully saturated rings. The molecule has 0 saturated heterocycles. The molecule has 50 valence electrons. The van der Waals surface area contributed by atoms with Crippen LogP contribution < -0.4 is 0 Å². The molecule has 0 unspecified atom stereocenters. The van der Waals surface area contributed by atoms with Gasteiger partial charge in [0, 0.05) is 5.75 Å². The summed E-state index contributed by atoms with van der Waals surface area (Å²) in [7, 11) is 0. The second-order valence-corrected chi connectivity index (χ2v) is 3.11. The lowest BCUT2D eigenvalue weighted by Gasteiger charge is -2.05. The van der Waals surface area contributed by atoms with Crippen molar-refractivity contribution < 1.29 is 0 Å². The number of hydrogen-bond donors (Lipinski definition) is 0. The zero-order valence-corrected chi connectivity index (χ0v) is 6.58. The Kier molecular flexibility index (Phi) is 2.92. The van der Waals surface area contributed by atoms with Gasteiger partial charge in [-0.3, -0.25) is 0 Å². The van der Waals surface area contributed by atoms with Crippen molar-refractivity contribution in [1.29, 1.82) is 0 Å². The molecule has 0 atom stereocenters. The summed E-state index contributed by atoms with van der Waals surface area (Å²) in [4.78, 5) is 0. The maximum absolute atomic E-state index is 2.24. The van der Waals surface area contributed by atoms with Crippen LogP contribution in [0.3, 0.4) is 0 Å². The highest BCUT2D eigenvalue weighted by Crippen LogP contribution is 2.18. The van der Waals surface area contributed by atoms with Gasteiger partial charge in [-0.25, -0.2) is 0 Å². The molecule has 0 radical (unpaired) electrons. The minimum atomic E-state index is 1.21. The van der Waals surface area contributed by atoms with Crippen LogP contribution in [0.1, 0.15) is 19.8 Å². The molecule has 0 bridgehead atoms. The Bertz CT molecular complexity index is 134. The predicted molar refractivity (Wildman–Crippen MR) is 44.6 cm³/mol. The highest BCUT2D eigenvalue weighted by molar-refractivity contribution is 8.02. The molecule has 1 heteroatoms. The number of thioether (sulfide) groups is 1. The zero-order chi connectivity index (χ0) is 6.53. The lowest BCUT2D eigenvalue weighted by molar-refractivity contribution is 0.908. The van der Waals surface area contributed by atoms with E-state index in [-0.39, 0.29) is 0 Å². The number of allylic oxidation sites excluding steroid dienone is 2. The molecule has 0 spiro atoms. The van der Waals surface area contributed by atoms with Crippen LogP contribution in [-0.4, -0.2) is 5.75 Å². The Hall–Kier alpha value is -0.170. The van der Waals surface area contributed by atoms with Gasteiger partial charge < -0.3 is 0 Å². The number of rotatable bonds is 2. The van der Waals surface area contributed by atoms with Gasteiger partial charge >= 0.3 is 0 Å². The van der Waals surface area contributed by atoms with E-state index in [2.05, 4.69) is 24.5 Å². The highest BCUT2D eigenvalue weighted by atomic mass is 32.2. The first-order valence-electron chi connectivity index (χ1n) is 3.39. The minimum Gasteiger partial charge on any atom is -0.130 e. The fourth-order valence-corrected chi connectivity index (χ4v) is 1.65. The molecular weight excluding hydrogens is 128 g/mol. The van der Waals surface area contributed by atoms with Crippen LogP contribution in [0, 0.1) is 0 Å². The van der Waals surface area contributed by atoms with E-state index in [0.29, 0.717) is 0 Å². The van der Waals surface area contributed by atoms with E-state index in [1.807, 2.05) is 11.8 Å². The smallest absolute Gasteiger partial charge is 0.0187 e. The third-order valence-electron chi connectivity index (χ3n) is 1.35. The molecular formula is C8H12S. The van der Waals surface area contributed by atoms with E-state index in [1.165, 1.54) is 18.6 Å². The van der Waals surface area contributed by atoms with E-state index >= 15 is 0 Å². The summed E-state index contributed by atoms with van der Waals surface area (Å²) in [5.74, 6) is 1.21. The Labute approximate surface area is 61.0 Å². The van der Waals surface area contributed by atoms with Crippen LogP contribution in [0.4, 0.5) is 0 Å². The summed E-state index contributed by atoms with van der Waals surface area (Å²) in [6, 6.07) is 0. The molecule has 0 aliphatic carbocycles. The SMILES string of the molecule is CCCC1=CC=CSC1. The van der Waals surface area contributed by atoms with Crippen molar-refractivity contribution >= 4 is 11.8 Å². The average molecular weight is 140 g/mol. The average Bonchev–Trinajstić information content (AvgIpc) is 1.91. The Balaban J connectivity index is 2.38. The first-order chi connectivity index (χ1) is 4.43. The van der Waals surface area contributed by atoms with Crippen molar-refractivity contribution in [3.8, 4) is 0 Å². The fourth-order valence-electron chi connectivity index (χ4n) is 0.911. The lowest BCUT2D eigenvalue weighted by Crippen LogP contribution is -1.87. The monoisotopic (exact) mass is 140 g/mol. The summed E-state index contributed by atoms with van der Waals surface area (Å²) < 4.78 is 0. The van der Waals surface area contributed by atoms with Gasteiger partial charge in [0.25, 0.3) is 0 Å². The quantitative estimate of drug-likeness (QED) is 0.568. The van der Waals surface area contributed by atoms with Gasteiger partial charge in [0.1, 0.15) is 0 Å². The summed E-state index contributed by atoms with van der Waals surface area (Å²) in [5, 5.41) is 2.15. The van der Waals surface area contributed by atoms with Crippen LogP contribution in [-0.2, 0) is 0 Å². The van der Waals surface area contributed by atoms with Crippen molar-refractivity contribution in [2.24, 2.45) is 0 Å². The molecule has 0 saturated carbocycles. The predicted octanol–water partition coefficient (Wildman–Crippen LogP) is 2.97. The molecule has 1 aliphatic heterocycles. The molecule has 0 aromatic rings. The Morgan fingerprint density at radius 3 is 3.11 bits per heavy atom. The normalized spacial score (nSPS) is 17.7. The second-order valence-electron chi connectivity index (χ2n) is 2.21. The van der Waals surface area contributed by atoms with Crippen molar-refractivity contribution in [3.63, 3.8) is 0 Å². The summed E-state index contributed by atoms with van der Waals surface area (Å²) in [5.41, 5.74) is 1.59. The Morgan fingerprint density at radius 1 is 1.67 bits per heavy atom. The van der Waals surface area contributed by atoms with Gasteiger partial charge in [-0.05, 0) is 11.8 Å². The Morgan fingerprint density at radius 2 is 2.56 bits per heavy atom. The van der Waals surface area contributed by atoms with Gasteiger partial charge in [-0.2, -0.15) is 0 Å². The van der Waals surface area contributed by atoms with Crippen LogP contribution >= 0.6 is 11.8 Å². The van der Waals surface area contributed by atoms with Crippen molar-refractivity contribution in [2.75, 3.05) is 5.75 Å². The summed E-state index contributed by atoms with van der Waals surface area (Å²) in [6.07, 6.45) is 6.93. The molecule has 1 rings (SSSR count). The molecule has 0 N–H and O–H groups in total. The zero-order valence-electron chi connectivity index (χ0n) is 5.76. The molecule has 0 aromatic carbocycles. The van der Waals surface area contributed by atoms with Gasteiger partial charge in [0.2, 0.25) is 0 Å². The first-order valence-corrected chi connectivity index (χ1v) is 4.44. The standard InChI is InChI=1S/C8H12S/c1-2-4-8-5-3-6-9-7-8/h3,5-6H,2,4,7H2,1H3.